The van der Waals surface area contributed by atoms with Gasteiger partial charge in [0.05, 0.1) is 23.5 Å². The minimum Gasteiger partial charge on any atom is -0.491 e. The highest BCUT2D eigenvalue weighted by Gasteiger charge is 2.47. The summed E-state index contributed by atoms with van der Waals surface area (Å²) < 4.78 is 5.73. The fourth-order valence-corrected chi connectivity index (χ4v) is 6.29. The average Bonchev–Trinajstić information content (AvgIpc) is 3.24. The van der Waals surface area contributed by atoms with Crippen molar-refractivity contribution in [3.63, 3.8) is 0 Å². The molecule has 1 fully saturated rings. The number of hydrogen-bond acceptors (Lipinski definition) is 6. The Morgan fingerprint density at radius 1 is 1.25 bits per heavy atom. The molecule has 0 saturated carbocycles. The predicted octanol–water partition coefficient (Wildman–Crippen LogP) is 3.76. The van der Waals surface area contributed by atoms with Crippen molar-refractivity contribution in [2.75, 3.05) is 18.0 Å². The van der Waals surface area contributed by atoms with Crippen LogP contribution < -0.4 is 20.3 Å². The second kappa shape index (κ2) is 10.0. The Balaban J connectivity index is 1.35. The minimum absolute atomic E-state index is 0.0577. The summed E-state index contributed by atoms with van der Waals surface area (Å²) in [5.74, 6) is 0.695. The number of thioether (sulfide) groups is 1. The van der Waals surface area contributed by atoms with Crippen molar-refractivity contribution in [3.05, 3.63) is 42.1 Å². The van der Waals surface area contributed by atoms with E-state index in [1.165, 1.54) is 11.8 Å². The second-order valence-electron chi connectivity index (χ2n) is 9.55. The summed E-state index contributed by atoms with van der Waals surface area (Å²) in [6, 6.07) is 8.35. The number of likely N-dealkylation sites (tertiary alicyclic amines) is 1. The van der Waals surface area contributed by atoms with Crippen LogP contribution in [-0.4, -0.2) is 58.2 Å². The number of pyridine rings is 1. The molecule has 3 aliphatic heterocycles. The summed E-state index contributed by atoms with van der Waals surface area (Å²) in [6.07, 6.45) is 3.88. The number of urea groups is 1. The van der Waals surface area contributed by atoms with Gasteiger partial charge in [-0.25, -0.2) is 9.78 Å². The van der Waals surface area contributed by atoms with Crippen molar-refractivity contribution in [2.45, 2.75) is 68.5 Å². The molecule has 190 valence electrons. The van der Waals surface area contributed by atoms with Gasteiger partial charge in [0, 0.05) is 37.3 Å². The van der Waals surface area contributed by atoms with Gasteiger partial charge in [-0.15, -0.1) is 0 Å². The first-order chi connectivity index (χ1) is 17.4. The van der Waals surface area contributed by atoms with E-state index in [4.69, 9.17) is 4.74 Å². The van der Waals surface area contributed by atoms with Gasteiger partial charge in [-0.2, -0.15) is 0 Å². The van der Waals surface area contributed by atoms with E-state index in [2.05, 4.69) is 15.6 Å². The average molecular weight is 510 g/mol. The van der Waals surface area contributed by atoms with Gasteiger partial charge in [-0.3, -0.25) is 14.5 Å². The summed E-state index contributed by atoms with van der Waals surface area (Å²) in [4.78, 5) is 46.8. The van der Waals surface area contributed by atoms with E-state index in [1.807, 2.05) is 56.0 Å². The maximum absolute atomic E-state index is 13.4. The highest BCUT2D eigenvalue weighted by atomic mass is 32.2. The summed E-state index contributed by atoms with van der Waals surface area (Å²) in [7, 11) is 0. The zero-order chi connectivity index (χ0) is 25.4. The smallest absolute Gasteiger partial charge is 0.327 e. The summed E-state index contributed by atoms with van der Waals surface area (Å²) in [6.45, 7) is 7.03. The number of rotatable bonds is 6. The van der Waals surface area contributed by atoms with Crippen molar-refractivity contribution in [2.24, 2.45) is 0 Å². The lowest BCUT2D eigenvalue weighted by atomic mass is 9.99. The highest BCUT2D eigenvalue weighted by Crippen LogP contribution is 2.50. The second-order valence-corrected chi connectivity index (χ2v) is 10.7. The lowest BCUT2D eigenvalue weighted by Crippen LogP contribution is -2.53. The molecular weight excluding hydrogens is 478 g/mol. The first-order valence-electron chi connectivity index (χ1n) is 12.5. The summed E-state index contributed by atoms with van der Waals surface area (Å²) in [5.41, 5.74) is 2.29. The Hall–Kier alpha value is -3.27. The van der Waals surface area contributed by atoms with Crippen LogP contribution in [-0.2, 0) is 9.59 Å². The maximum atomic E-state index is 13.4. The standard InChI is InChI=1S/C26H31N5O4S/c1-4-20(32)30-13-5-6-16(14-30)28-24(33)23-22-21-19(11-12-27-25(21)36-23)31(26(34)29-22)17-7-9-18(10-8-17)35-15(2)3/h7-12,15-16,22-23H,4-6,13-14H2,1-3H3,(H,28,33)(H,29,34)/t16?,22?,23-/m1/s1. The van der Waals surface area contributed by atoms with Crippen molar-refractivity contribution in [1.82, 2.24) is 20.5 Å². The number of carbonyl (C=O) groups excluding carboxylic acids is 3. The van der Waals surface area contributed by atoms with Crippen LogP contribution >= 0.6 is 11.8 Å². The SMILES string of the molecule is CCC(=O)N1CCCC(NC(=O)[C@@H]2Sc3nccc4c3C2NC(=O)N4c2ccc(OC(C)C)cc2)C1. The van der Waals surface area contributed by atoms with Crippen LogP contribution in [0.5, 0.6) is 5.75 Å². The molecule has 1 aromatic heterocycles. The maximum Gasteiger partial charge on any atom is 0.327 e. The fourth-order valence-electron chi connectivity index (χ4n) is 5.06. The molecule has 1 saturated heterocycles. The minimum atomic E-state index is -0.529. The molecule has 2 unspecified atom stereocenters. The fraction of sp³-hybridized carbons (Fsp3) is 0.462. The first-order valence-corrected chi connectivity index (χ1v) is 13.3. The lowest BCUT2D eigenvalue weighted by Gasteiger charge is -2.36. The van der Waals surface area contributed by atoms with E-state index in [1.54, 1.807) is 11.1 Å². The number of piperidine rings is 1. The zero-order valence-corrected chi connectivity index (χ0v) is 21.5. The lowest BCUT2D eigenvalue weighted by molar-refractivity contribution is -0.133. The van der Waals surface area contributed by atoms with Crippen LogP contribution in [0, 0.1) is 0 Å². The van der Waals surface area contributed by atoms with Gasteiger partial charge >= 0.3 is 6.03 Å². The Labute approximate surface area is 215 Å². The Morgan fingerprint density at radius 3 is 2.75 bits per heavy atom. The molecule has 9 nitrogen and oxygen atoms in total. The van der Waals surface area contributed by atoms with Crippen molar-refractivity contribution < 1.29 is 19.1 Å². The quantitative estimate of drug-likeness (QED) is 0.615. The van der Waals surface area contributed by atoms with E-state index in [-0.39, 0.29) is 30.0 Å². The van der Waals surface area contributed by atoms with E-state index in [0.29, 0.717) is 18.7 Å². The summed E-state index contributed by atoms with van der Waals surface area (Å²) >= 11 is 1.37. The van der Waals surface area contributed by atoms with Gasteiger partial charge in [0.25, 0.3) is 0 Å². The third kappa shape index (κ3) is 4.61. The monoisotopic (exact) mass is 509 g/mol. The largest absolute Gasteiger partial charge is 0.491 e. The molecular formula is C26H31N5O4S. The van der Waals surface area contributed by atoms with Crippen molar-refractivity contribution >= 4 is 41.0 Å². The molecule has 3 aliphatic rings. The van der Waals surface area contributed by atoms with Crippen LogP contribution in [0.1, 0.15) is 51.6 Å². The summed E-state index contributed by atoms with van der Waals surface area (Å²) in [5, 5.41) is 6.39. The Bertz CT molecular complexity index is 1170. The molecule has 0 aliphatic carbocycles. The molecule has 2 N–H and O–H groups in total. The number of nitrogens with zero attached hydrogens (tertiary/aromatic N) is 3. The molecule has 0 bridgehead atoms. The van der Waals surface area contributed by atoms with Crippen LogP contribution in [0.3, 0.4) is 0 Å². The molecule has 4 heterocycles. The Kier molecular flexibility index (Phi) is 6.79. The van der Waals surface area contributed by atoms with Gasteiger partial charge in [-0.05, 0) is 57.0 Å². The van der Waals surface area contributed by atoms with E-state index in [9.17, 15) is 14.4 Å². The Morgan fingerprint density at radius 2 is 2.03 bits per heavy atom. The van der Waals surface area contributed by atoms with Crippen LogP contribution in [0.2, 0.25) is 0 Å². The van der Waals surface area contributed by atoms with Crippen LogP contribution in [0.15, 0.2) is 41.6 Å². The van der Waals surface area contributed by atoms with Crippen LogP contribution in [0.25, 0.3) is 0 Å². The molecule has 2 aromatic rings. The van der Waals surface area contributed by atoms with Crippen LogP contribution in [0.4, 0.5) is 16.2 Å². The number of aromatic nitrogens is 1. The van der Waals surface area contributed by atoms with Crippen molar-refractivity contribution in [1.29, 1.82) is 0 Å². The van der Waals surface area contributed by atoms with E-state index >= 15 is 0 Å². The number of benzene rings is 1. The number of ether oxygens (including phenoxy) is 1. The molecule has 5 rings (SSSR count). The molecule has 4 amide bonds. The molecule has 3 atom stereocenters. The number of anilines is 2. The number of nitrogens with one attached hydrogen (secondary N) is 2. The van der Waals surface area contributed by atoms with Gasteiger partial charge in [0.1, 0.15) is 16.0 Å². The molecule has 10 heteroatoms. The van der Waals surface area contributed by atoms with Crippen molar-refractivity contribution in [3.8, 4) is 5.75 Å². The molecule has 1 aromatic carbocycles. The van der Waals surface area contributed by atoms with E-state index < -0.39 is 11.3 Å². The third-order valence-corrected chi connectivity index (χ3v) is 7.94. The van der Waals surface area contributed by atoms with Gasteiger partial charge in [0.15, 0.2) is 0 Å². The predicted molar refractivity (Wildman–Crippen MR) is 138 cm³/mol. The van der Waals surface area contributed by atoms with E-state index in [0.717, 1.165) is 41.4 Å². The first kappa shape index (κ1) is 24.4. The third-order valence-electron chi connectivity index (χ3n) is 6.65. The molecule has 36 heavy (non-hydrogen) atoms. The zero-order valence-electron chi connectivity index (χ0n) is 20.7. The number of hydrogen-bond donors (Lipinski definition) is 2. The molecule has 0 radical (unpaired) electrons. The van der Waals surface area contributed by atoms with Gasteiger partial charge < -0.3 is 20.3 Å². The highest BCUT2D eigenvalue weighted by molar-refractivity contribution is 8.01. The topological polar surface area (TPSA) is 104 Å². The molecule has 0 spiro atoms. The number of carbonyl (C=O) groups is 3. The van der Waals surface area contributed by atoms with Gasteiger partial charge in [0.2, 0.25) is 11.8 Å². The number of amides is 4. The van der Waals surface area contributed by atoms with Gasteiger partial charge in [-0.1, -0.05) is 18.7 Å². The normalized spacial score (nSPS) is 22.8.